The standard InChI is InChI=1S/C34H32F3N7O3/c1-19-4-6-24(40-31(46)21-12-23(34(35,36)37)15-26(13-21)44-10-8-27(45)9-11-44)16-28(19)29-14-22-17-39-33(42-30(22)32(47)43(29)3)41-25-7-5-20(2)38-18-25/h4-7,12-18,27,45H,8-11H2,1-3H3,(H,40,46)(H,39,41,42). The molecule has 2 aromatic carbocycles. The molecule has 10 nitrogen and oxygen atoms in total. The monoisotopic (exact) mass is 643 g/mol. The lowest BCUT2D eigenvalue weighted by Crippen LogP contribution is -2.36. The number of pyridine rings is 2. The molecular weight excluding hydrogens is 611 g/mol. The van der Waals surface area contributed by atoms with Gasteiger partial charge < -0.3 is 25.2 Å². The number of aliphatic hydroxyl groups excluding tert-OH is 1. The number of piperidine rings is 1. The molecule has 0 aliphatic carbocycles. The second-order valence-electron chi connectivity index (χ2n) is 11.7. The SMILES string of the molecule is Cc1ccc(Nc2ncc3cc(-c4cc(NC(=O)c5cc(N6CCC(O)CC6)cc(C(F)(F)F)c5)ccc4C)n(C)c(=O)c3n2)cn1. The number of rotatable bonds is 6. The van der Waals surface area contributed by atoms with E-state index in [4.69, 9.17) is 0 Å². The molecule has 1 aliphatic heterocycles. The first-order valence-corrected chi connectivity index (χ1v) is 15.0. The number of halogens is 3. The van der Waals surface area contributed by atoms with Crippen LogP contribution in [0.2, 0.25) is 0 Å². The lowest BCUT2D eigenvalue weighted by atomic mass is 10.0. The lowest BCUT2D eigenvalue weighted by molar-refractivity contribution is -0.137. The van der Waals surface area contributed by atoms with Crippen LogP contribution in [-0.4, -0.2) is 49.7 Å². The van der Waals surface area contributed by atoms with Crippen LogP contribution in [0, 0.1) is 13.8 Å². The molecule has 0 radical (unpaired) electrons. The van der Waals surface area contributed by atoms with Crippen molar-refractivity contribution < 1.29 is 23.1 Å². The topological polar surface area (TPSA) is 125 Å². The summed E-state index contributed by atoms with van der Waals surface area (Å²) in [6.45, 7) is 4.48. The summed E-state index contributed by atoms with van der Waals surface area (Å²) in [5.41, 5.74) is 2.88. The van der Waals surface area contributed by atoms with Crippen molar-refractivity contribution in [2.24, 2.45) is 7.05 Å². The van der Waals surface area contributed by atoms with Crippen LogP contribution < -0.4 is 21.1 Å². The van der Waals surface area contributed by atoms with Gasteiger partial charge in [0.2, 0.25) is 5.95 Å². The van der Waals surface area contributed by atoms with Crippen LogP contribution in [0.15, 0.2) is 71.8 Å². The molecular formula is C34H32F3N7O3. The maximum Gasteiger partial charge on any atom is 0.416 e. The number of hydrogen-bond acceptors (Lipinski definition) is 8. The molecule has 5 aromatic rings. The summed E-state index contributed by atoms with van der Waals surface area (Å²) in [5, 5.41) is 16.1. The van der Waals surface area contributed by atoms with Crippen molar-refractivity contribution in [2.75, 3.05) is 28.6 Å². The predicted octanol–water partition coefficient (Wildman–Crippen LogP) is 5.98. The Morgan fingerprint density at radius 3 is 2.40 bits per heavy atom. The number of fused-ring (bicyclic) bond motifs is 1. The summed E-state index contributed by atoms with van der Waals surface area (Å²) >= 11 is 0. The molecule has 1 saturated heterocycles. The Labute approximate surface area is 267 Å². The summed E-state index contributed by atoms with van der Waals surface area (Å²) in [6.07, 6.45) is -1.11. The number of carbonyl (C=O) groups is 1. The molecule has 1 fully saturated rings. The van der Waals surface area contributed by atoms with E-state index < -0.39 is 23.8 Å². The Balaban J connectivity index is 1.30. The smallest absolute Gasteiger partial charge is 0.393 e. The molecule has 13 heteroatoms. The maximum absolute atomic E-state index is 13.8. The average Bonchev–Trinajstić information content (AvgIpc) is 3.05. The highest BCUT2D eigenvalue weighted by atomic mass is 19.4. The molecule has 0 saturated carbocycles. The molecule has 1 aliphatic rings. The first-order valence-electron chi connectivity index (χ1n) is 15.0. The molecule has 0 atom stereocenters. The summed E-state index contributed by atoms with van der Waals surface area (Å²) in [4.78, 5) is 41.6. The quantitative estimate of drug-likeness (QED) is 0.206. The number of aromatic nitrogens is 4. The lowest BCUT2D eigenvalue weighted by Gasteiger charge is -2.32. The minimum atomic E-state index is -4.66. The Morgan fingerprint density at radius 1 is 0.957 bits per heavy atom. The van der Waals surface area contributed by atoms with Gasteiger partial charge >= 0.3 is 6.18 Å². The van der Waals surface area contributed by atoms with E-state index in [1.165, 1.54) is 10.6 Å². The van der Waals surface area contributed by atoms with E-state index in [0.717, 1.165) is 23.4 Å². The van der Waals surface area contributed by atoms with Crippen LogP contribution in [0.5, 0.6) is 0 Å². The first kappa shape index (κ1) is 31.7. The highest BCUT2D eigenvalue weighted by Gasteiger charge is 2.33. The summed E-state index contributed by atoms with van der Waals surface area (Å²) < 4.78 is 43.0. The zero-order valence-corrected chi connectivity index (χ0v) is 25.9. The van der Waals surface area contributed by atoms with Crippen LogP contribution in [0.1, 0.15) is 40.0 Å². The Kier molecular flexibility index (Phi) is 8.41. The van der Waals surface area contributed by atoms with Gasteiger partial charge in [-0.15, -0.1) is 0 Å². The first-order chi connectivity index (χ1) is 22.4. The molecule has 0 spiro atoms. The fourth-order valence-corrected chi connectivity index (χ4v) is 5.56. The van der Waals surface area contributed by atoms with Crippen molar-refractivity contribution in [3.63, 3.8) is 0 Å². The summed E-state index contributed by atoms with van der Waals surface area (Å²) in [6, 6.07) is 13.8. The highest BCUT2D eigenvalue weighted by molar-refractivity contribution is 6.05. The van der Waals surface area contributed by atoms with Crippen LogP contribution >= 0.6 is 0 Å². The van der Waals surface area contributed by atoms with Gasteiger partial charge in [-0.2, -0.15) is 13.2 Å². The van der Waals surface area contributed by atoms with E-state index in [1.807, 2.05) is 26.0 Å². The van der Waals surface area contributed by atoms with E-state index in [-0.39, 0.29) is 28.3 Å². The average molecular weight is 644 g/mol. The second kappa shape index (κ2) is 12.5. The van der Waals surface area contributed by atoms with E-state index in [1.54, 1.807) is 48.6 Å². The van der Waals surface area contributed by atoms with Crippen molar-refractivity contribution in [2.45, 2.75) is 39.0 Å². The third-order valence-corrected chi connectivity index (χ3v) is 8.25. The zero-order valence-electron chi connectivity index (χ0n) is 25.9. The third-order valence-electron chi connectivity index (χ3n) is 8.25. The van der Waals surface area contributed by atoms with Crippen molar-refractivity contribution in [1.29, 1.82) is 0 Å². The molecule has 3 aromatic heterocycles. The summed E-state index contributed by atoms with van der Waals surface area (Å²) in [7, 11) is 1.62. The molecule has 6 rings (SSSR count). The Bertz CT molecular complexity index is 2040. The van der Waals surface area contributed by atoms with Crippen LogP contribution in [0.3, 0.4) is 0 Å². The van der Waals surface area contributed by atoms with Crippen molar-refractivity contribution >= 4 is 39.8 Å². The van der Waals surface area contributed by atoms with E-state index >= 15 is 0 Å². The minimum Gasteiger partial charge on any atom is -0.393 e. The zero-order chi connectivity index (χ0) is 33.5. The molecule has 242 valence electrons. The van der Waals surface area contributed by atoms with Gasteiger partial charge in [0, 0.05) is 59.9 Å². The number of benzene rings is 2. The number of aliphatic hydroxyl groups is 1. The number of nitrogens with one attached hydrogen (secondary N) is 2. The van der Waals surface area contributed by atoms with Gasteiger partial charge in [0.05, 0.1) is 29.2 Å². The van der Waals surface area contributed by atoms with Crippen LogP contribution in [0.4, 0.5) is 36.2 Å². The van der Waals surface area contributed by atoms with E-state index in [2.05, 4.69) is 25.6 Å². The fourth-order valence-electron chi connectivity index (χ4n) is 5.56. The number of anilines is 4. The molecule has 0 bridgehead atoms. The van der Waals surface area contributed by atoms with Gasteiger partial charge in [0.15, 0.2) is 0 Å². The van der Waals surface area contributed by atoms with Gasteiger partial charge in [-0.3, -0.25) is 14.6 Å². The van der Waals surface area contributed by atoms with Crippen molar-refractivity contribution in [1.82, 2.24) is 19.5 Å². The van der Waals surface area contributed by atoms with Gasteiger partial charge in [0.1, 0.15) is 5.52 Å². The number of alkyl halides is 3. The van der Waals surface area contributed by atoms with Crippen molar-refractivity contribution in [3.8, 4) is 11.3 Å². The number of nitrogens with zero attached hydrogens (tertiary/aromatic N) is 5. The molecule has 47 heavy (non-hydrogen) atoms. The van der Waals surface area contributed by atoms with Gasteiger partial charge in [0.25, 0.3) is 11.5 Å². The molecule has 0 unspecified atom stereocenters. The van der Waals surface area contributed by atoms with E-state index in [0.29, 0.717) is 53.9 Å². The van der Waals surface area contributed by atoms with Crippen LogP contribution in [0.25, 0.3) is 22.2 Å². The number of hydrogen-bond donors (Lipinski definition) is 3. The number of aryl methyl sites for hydroxylation is 2. The summed E-state index contributed by atoms with van der Waals surface area (Å²) in [5.74, 6) is -0.474. The number of amides is 1. The second-order valence-corrected chi connectivity index (χ2v) is 11.7. The van der Waals surface area contributed by atoms with Gasteiger partial charge in [-0.25, -0.2) is 9.97 Å². The Morgan fingerprint density at radius 2 is 1.70 bits per heavy atom. The normalized spacial score (nSPS) is 14.0. The molecule has 1 amide bonds. The maximum atomic E-state index is 13.8. The fraction of sp³-hybridized carbons (Fsp3) is 0.265. The third kappa shape index (κ3) is 6.80. The number of carbonyl (C=O) groups excluding carboxylic acids is 1. The van der Waals surface area contributed by atoms with Gasteiger partial charge in [-0.05, 0) is 80.8 Å². The highest BCUT2D eigenvalue weighted by Crippen LogP contribution is 2.34. The predicted molar refractivity (Wildman–Crippen MR) is 174 cm³/mol. The van der Waals surface area contributed by atoms with Gasteiger partial charge in [-0.1, -0.05) is 6.07 Å². The van der Waals surface area contributed by atoms with Crippen molar-refractivity contribution in [3.05, 3.63) is 99.7 Å². The van der Waals surface area contributed by atoms with E-state index in [9.17, 15) is 27.9 Å². The largest absolute Gasteiger partial charge is 0.416 e. The minimum absolute atomic E-state index is 0.149. The molecule has 4 heterocycles. The van der Waals surface area contributed by atoms with Crippen LogP contribution in [-0.2, 0) is 13.2 Å². The molecule has 3 N–H and O–H groups in total. The Hall–Kier alpha value is -5.30.